The second-order valence-corrected chi connectivity index (χ2v) is 5.70. The Morgan fingerprint density at radius 2 is 2.18 bits per heavy atom. The van der Waals surface area contributed by atoms with Gasteiger partial charge in [-0.15, -0.1) is 12.4 Å². The van der Waals surface area contributed by atoms with E-state index in [4.69, 9.17) is 4.74 Å². The van der Waals surface area contributed by atoms with Crippen LogP contribution in [0.4, 0.5) is 0 Å². The lowest BCUT2D eigenvalue weighted by Gasteiger charge is -2.31. The van der Waals surface area contributed by atoms with Crippen LogP contribution in [-0.2, 0) is 22.6 Å². The van der Waals surface area contributed by atoms with Gasteiger partial charge in [-0.2, -0.15) is 5.10 Å². The molecule has 0 spiro atoms. The highest BCUT2D eigenvalue weighted by Gasteiger charge is 2.20. The summed E-state index contributed by atoms with van der Waals surface area (Å²) in [7, 11) is 0. The zero-order chi connectivity index (χ0) is 15.4. The first-order valence-corrected chi connectivity index (χ1v) is 7.65. The molecule has 1 fully saturated rings. The minimum absolute atomic E-state index is 0. The van der Waals surface area contributed by atoms with E-state index in [9.17, 15) is 4.79 Å². The third kappa shape index (κ3) is 4.69. The van der Waals surface area contributed by atoms with E-state index >= 15 is 0 Å². The van der Waals surface area contributed by atoms with Gasteiger partial charge < -0.3 is 10.1 Å². The molecule has 126 valence electrons. The first kappa shape index (κ1) is 18.9. The number of halogens is 1. The van der Waals surface area contributed by atoms with Crippen LogP contribution in [0, 0.1) is 13.8 Å². The molecule has 1 aromatic rings. The molecule has 0 bridgehead atoms. The maximum absolute atomic E-state index is 11.6. The van der Waals surface area contributed by atoms with Gasteiger partial charge in [-0.05, 0) is 27.7 Å². The Bertz CT molecular complexity index is 504. The monoisotopic (exact) mass is 330 g/mol. The molecule has 0 radical (unpaired) electrons. The average Bonchev–Trinajstić information content (AvgIpc) is 2.67. The SMILES string of the molecule is CCOC(=O)Cn1nc(C)c(CN2CCN[C@H](C)C2)c1C.Cl. The summed E-state index contributed by atoms with van der Waals surface area (Å²) in [5, 5.41) is 7.94. The Balaban J connectivity index is 0.00000242. The number of carbonyl (C=O) groups is 1. The number of aryl methyl sites for hydroxylation is 1. The van der Waals surface area contributed by atoms with Crippen LogP contribution in [-0.4, -0.2) is 52.9 Å². The summed E-state index contributed by atoms with van der Waals surface area (Å²) < 4.78 is 6.75. The van der Waals surface area contributed by atoms with Crippen molar-refractivity contribution < 1.29 is 9.53 Å². The number of hydrogen-bond acceptors (Lipinski definition) is 5. The van der Waals surface area contributed by atoms with Crippen LogP contribution >= 0.6 is 12.4 Å². The average molecular weight is 331 g/mol. The van der Waals surface area contributed by atoms with E-state index in [1.54, 1.807) is 4.68 Å². The van der Waals surface area contributed by atoms with E-state index in [1.165, 1.54) is 5.56 Å². The van der Waals surface area contributed by atoms with Gasteiger partial charge in [-0.1, -0.05) is 0 Å². The minimum Gasteiger partial charge on any atom is -0.465 e. The van der Waals surface area contributed by atoms with Crippen molar-refractivity contribution in [3.63, 3.8) is 0 Å². The van der Waals surface area contributed by atoms with Crippen LogP contribution in [0.5, 0.6) is 0 Å². The quantitative estimate of drug-likeness (QED) is 0.824. The molecule has 0 amide bonds. The molecule has 1 aromatic heterocycles. The molecule has 2 rings (SSSR count). The number of ether oxygens (including phenoxy) is 1. The molecule has 0 saturated carbocycles. The molecule has 0 unspecified atom stereocenters. The van der Waals surface area contributed by atoms with Crippen LogP contribution in [0.2, 0.25) is 0 Å². The van der Waals surface area contributed by atoms with Crippen LogP contribution in [0.3, 0.4) is 0 Å². The first-order valence-electron chi connectivity index (χ1n) is 7.65. The first-order chi connectivity index (χ1) is 10.0. The molecule has 6 nitrogen and oxygen atoms in total. The minimum atomic E-state index is -0.231. The zero-order valence-electron chi connectivity index (χ0n) is 13.9. The van der Waals surface area contributed by atoms with Crippen LogP contribution in [0.15, 0.2) is 0 Å². The molecular formula is C15H27ClN4O2. The van der Waals surface area contributed by atoms with Crippen molar-refractivity contribution >= 4 is 18.4 Å². The van der Waals surface area contributed by atoms with Crippen molar-refractivity contribution in [1.29, 1.82) is 0 Å². The number of esters is 1. The van der Waals surface area contributed by atoms with Crippen molar-refractivity contribution in [2.75, 3.05) is 26.2 Å². The second kappa shape index (κ2) is 8.50. The molecular weight excluding hydrogens is 304 g/mol. The highest BCUT2D eigenvalue weighted by molar-refractivity contribution is 5.85. The van der Waals surface area contributed by atoms with Crippen LogP contribution < -0.4 is 5.32 Å². The Morgan fingerprint density at radius 1 is 1.45 bits per heavy atom. The lowest BCUT2D eigenvalue weighted by Crippen LogP contribution is -2.48. The molecule has 1 N–H and O–H groups in total. The van der Waals surface area contributed by atoms with Gasteiger partial charge in [0.05, 0.1) is 12.3 Å². The highest BCUT2D eigenvalue weighted by atomic mass is 35.5. The summed E-state index contributed by atoms with van der Waals surface area (Å²) in [6.45, 7) is 12.7. The maximum atomic E-state index is 11.6. The summed E-state index contributed by atoms with van der Waals surface area (Å²) in [5.74, 6) is -0.231. The molecule has 0 aliphatic carbocycles. The maximum Gasteiger partial charge on any atom is 0.327 e. The van der Waals surface area contributed by atoms with Crippen LogP contribution in [0.1, 0.15) is 30.8 Å². The Kier molecular flexibility index (Phi) is 7.32. The fraction of sp³-hybridized carbons (Fsp3) is 0.733. The number of nitrogens with one attached hydrogen (secondary N) is 1. The van der Waals surface area contributed by atoms with Crippen molar-refractivity contribution in [2.45, 2.75) is 46.8 Å². The van der Waals surface area contributed by atoms with Crippen molar-refractivity contribution in [3.05, 3.63) is 17.0 Å². The van der Waals surface area contributed by atoms with Gasteiger partial charge in [0.1, 0.15) is 6.54 Å². The summed E-state index contributed by atoms with van der Waals surface area (Å²) in [6, 6.07) is 0.522. The van der Waals surface area contributed by atoms with Gasteiger partial charge in [-0.25, -0.2) is 0 Å². The Labute approximate surface area is 138 Å². The van der Waals surface area contributed by atoms with Crippen LogP contribution in [0.25, 0.3) is 0 Å². The van der Waals surface area contributed by atoms with Crippen molar-refractivity contribution in [2.24, 2.45) is 0 Å². The summed E-state index contributed by atoms with van der Waals surface area (Å²) >= 11 is 0. The van der Waals surface area contributed by atoms with Gasteiger partial charge in [0.15, 0.2) is 0 Å². The molecule has 0 aromatic carbocycles. The lowest BCUT2D eigenvalue weighted by molar-refractivity contribution is -0.144. The fourth-order valence-electron chi connectivity index (χ4n) is 2.83. The van der Waals surface area contributed by atoms with E-state index in [1.807, 2.05) is 20.8 Å². The van der Waals surface area contributed by atoms with E-state index < -0.39 is 0 Å². The highest BCUT2D eigenvalue weighted by Crippen LogP contribution is 2.16. The number of hydrogen-bond donors (Lipinski definition) is 1. The molecule has 7 heteroatoms. The van der Waals surface area contributed by atoms with Gasteiger partial charge in [0.25, 0.3) is 0 Å². The second-order valence-electron chi connectivity index (χ2n) is 5.70. The predicted molar refractivity (Wildman–Crippen MR) is 88.3 cm³/mol. The Hall–Kier alpha value is -1.11. The number of rotatable bonds is 5. The fourth-order valence-corrected chi connectivity index (χ4v) is 2.83. The summed E-state index contributed by atoms with van der Waals surface area (Å²) in [4.78, 5) is 14.1. The molecule has 22 heavy (non-hydrogen) atoms. The third-order valence-corrected chi connectivity index (χ3v) is 3.95. The van der Waals surface area contributed by atoms with Gasteiger partial charge in [-0.3, -0.25) is 14.4 Å². The van der Waals surface area contributed by atoms with Gasteiger partial charge in [0, 0.05) is 43.5 Å². The smallest absolute Gasteiger partial charge is 0.327 e. The zero-order valence-corrected chi connectivity index (χ0v) is 14.7. The number of carbonyl (C=O) groups excluding carboxylic acids is 1. The van der Waals surface area contributed by atoms with E-state index in [-0.39, 0.29) is 24.9 Å². The molecule has 1 saturated heterocycles. The molecule has 1 aliphatic rings. The third-order valence-electron chi connectivity index (χ3n) is 3.95. The topological polar surface area (TPSA) is 59.4 Å². The number of piperazine rings is 1. The van der Waals surface area contributed by atoms with Gasteiger partial charge >= 0.3 is 5.97 Å². The molecule has 2 heterocycles. The van der Waals surface area contributed by atoms with Crippen molar-refractivity contribution in [3.8, 4) is 0 Å². The predicted octanol–water partition coefficient (Wildman–Crippen LogP) is 1.28. The Morgan fingerprint density at radius 3 is 2.82 bits per heavy atom. The summed E-state index contributed by atoms with van der Waals surface area (Å²) in [5.41, 5.74) is 3.29. The largest absolute Gasteiger partial charge is 0.465 e. The molecule has 1 aliphatic heterocycles. The van der Waals surface area contributed by atoms with Gasteiger partial charge in [0.2, 0.25) is 0 Å². The number of aromatic nitrogens is 2. The van der Waals surface area contributed by atoms with E-state index in [2.05, 4.69) is 22.2 Å². The molecule has 1 atom stereocenters. The standard InChI is InChI=1S/C15H26N4O2.ClH/c1-5-21-15(20)10-19-13(4)14(12(3)17-19)9-18-7-6-16-11(2)8-18;/h11,16H,5-10H2,1-4H3;1H/t11-;/m1./s1. The van der Waals surface area contributed by atoms with E-state index in [0.717, 1.165) is 37.6 Å². The van der Waals surface area contributed by atoms with E-state index in [0.29, 0.717) is 12.6 Å². The number of nitrogens with zero attached hydrogens (tertiary/aromatic N) is 3. The normalized spacial score (nSPS) is 18.8. The lowest BCUT2D eigenvalue weighted by atomic mass is 10.1. The van der Waals surface area contributed by atoms with Crippen molar-refractivity contribution in [1.82, 2.24) is 20.0 Å². The summed E-state index contributed by atoms with van der Waals surface area (Å²) in [6.07, 6.45) is 0.